The third-order valence-corrected chi connectivity index (χ3v) is 5.33. The van der Waals surface area contributed by atoms with Crippen LogP contribution in [0.25, 0.3) is 17.2 Å². The quantitative estimate of drug-likeness (QED) is 0.557. The number of anilines is 1. The van der Waals surface area contributed by atoms with E-state index in [4.69, 9.17) is 5.10 Å². The fourth-order valence-corrected chi connectivity index (χ4v) is 4.08. The zero-order valence-electron chi connectivity index (χ0n) is 16.8. The van der Waals surface area contributed by atoms with Crippen LogP contribution in [-0.4, -0.2) is 25.7 Å². The van der Waals surface area contributed by atoms with Crippen LogP contribution < -0.4 is 5.32 Å². The van der Waals surface area contributed by atoms with Gasteiger partial charge < -0.3 is 5.32 Å². The normalized spacial score (nSPS) is 15.5. The molecule has 0 unspecified atom stereocenters. The smallest absolute Gasteiger partial charge is 0.252 e. The minimum atomic E-state index is -0.0928. The number of aromatic nitrogens is 4. The van der Waals surface area contributed by atoms with Gasteiger partial charge in [0, 0.05) is 34.9 Å². The lowest BCUT2D eigenvalue weighted by Crippen LogP contribution is -2.25. The van der Waals surface area contributed by atoms with E-state index in [9.17, 15) is 4.79 Å². The average molecular weight is 395 g/mol. The van der Waals surface area contributed by atoms with Gasteiger partial charge in [0.1, 0.15) is 5.82 Å². The summed E-state index contributed by atoms with van der Waals surface area (Å²) in [7, 11) is 0. The molecule has 30 heavy (non-hydrogen) atoms. The van der Waals surface area contributed by atoms with Crippen LogP contribution in [0.5, 0.6) is 0 Å². The standard InChI is InChI=1S/C24H21N5O/c1-15-13-16(2)26-24(25-15)29-23-21(22(28-29)18-11-7-4-8-12-18)19(14-20(30)27-23)17-9-5-3-6-10-17/h3-13,19H,14H2,1-2H3,(H,27,30)/t19-/m1/s1. The molecular weight excluding hydrogens is 374 g/mol. The van der Waals surface area contributed by atoms with E-state index in [1.807, 2.05) is 68.4 Å². The van der Waals surface area contributed by atoms with Gasteiger partial charge in [0.15, 0.2) is 0 Å². The molecule has 0 saturated heterocycles. The number of carbonyl (C=O) groups excluding carboxylic acids is 1. The molecule has 1 N–H and O–H groups in total. The highest BCUT2D eigenvalue weighted by Crippen LogP contribution is 2.43. The fraction of sp³-hybridized carbons (Fsp3) is 0.167. The van der Waals surface area contributed by atoms with Gasteiger partial charge in [0.05, 0.1) is 5.69 Å². The summed E-state index contributed by atoms with van der Waals surface area (Å²) in [6.45, 7) is 3.86. The second kappa shape index (κ2) is 7.22. The molecule has 1 aliphatic heterocycles. The van der Waals surface area contributed by atoms with E-state index in [1.165, 1.54) is 0 Å². The van der Waals surface area contributed by atoms with Gasteiger partial charge in [-0.05, 0) is 25.5 Å². The van der Waals surface area contributed by atoms with Gasteiger partial charge in [-0.15, -0.1) is 0 Å². The van der Waals surface area contributed by atoms with Gasteiger partial charge in [0.25, 0.3) is 5.95 Å². The molecule has 3 heterocycles. The first-order valence-corrected chi connectivity index (χ1v) is 9.96. The molecule has 0 bridgehead atoms. The van der Waals surface area contributed by atoms with Gasteiger partial charge in [-0.3, -0.25) is 4.79 Å². The molecule has 0 fully saturated rings. The minimum Gasteiger partial charge on any atom is -0.310 e. The first-order valence-electron chi connectivity index (χ1n) is 9.96. The summed E-state index contributed by atoms with van der Waals surface area (Å²) in [6, 6.07) is 22.1. The summed E-state index contributed by atoms with van der Waals surface area (Å²) >= 11 is 0. The molecule has 2 aromatic carbocycles. The third-order valence-electron chi connectivity index (χ3n) is 5.33. The van der Waals surface area contributed by atoms with Gasteiger partial charge in [-0.2, -0.15) is 9.78 Å². The molecule has 0 aliphatic carbocycles. The Bertz CT molecular complexity index is 1210. The second-order valence-corrected chi connectivity index (χ2v) is 7.55. The second-order valence-electron chi connectivity index (χ2n) is 7.55. The van der Waals surface area contributed by atoms with Crippen LogP contribution in [-0.2, 0) is 4.79 Å². The number of hydrogen-bond donors (Lipinski definition) is 1. The number of rotatable bonds is 3. The van der Waals surface area contributed by atoms with Crippen LogP contribution in [0, 0.1) is 13.8 Å². The van der Waals surface area contributed by atoms with Crippen molar-refractivity contribution in [1.29, 1.82) is 0 Å². The van der Waals surface area contributed by atoms with Crippen molar-refractivity contribution in [2.24, 2.45) is 0 Å². The van der Waals surface area contributed by atoms with E-state index in [0.29, 0.717) is 18.2 Å². The molecule has 5 rings (SSSR count). The number of nitrogens with zero attached hydrogens (tertiary/aromatic N) is 4. The number of fused-ring (bicyclic) bond motifs is 1. The zero-order valence-corrected chi connectivity index (χ0v) is 16.8. The van der Waals surface area contributed by atoms with E-state index in [2.05, 4.69) is 27.4 Å². The molecule has 2 aromatic heterocycles. The average Bonchev–Trinajstić information content (AvgIpc) is 3.13. The van der Waals surface area contributed by atoms with Crippen molar-refractivity contribution in [3.05, 3.63) is 89.2 Å². The SMILES string of the molecule is Cc1cc(C)nc(-n2nc(-c3ccccc3)c3c2NC(=O)C[C@@H]3c2ccccc2)n1. The zero-order chi connectivity index (χ0) is 20.7. The molecule has 0 radical (unpaired) electrons. The molecule has 0 saturated carbocycles. The number of aryl methyl sites for hydroxylation is 2. The largest absolute Gasteiger partial charge is 0.310 e. The predicted octanol–water partition coefficient (Wildman–Crippen LogP) is 4.42. The predicted molar refractivity (Wildman–Crippen MR) is 116 cm³/mol. The summed E-state index contributed by atoms with van der Waals surface area (Å²) in [4.78, 5) is 21.8. The number of benzene rings is 2. The van der Waals surface area contributed by atoms with E-state index in [1.54, 1.807) is 4.68 Å². The molecule has 6 heteroatoms. The topological polar surface area (TPSA) is 72.7 Å². The Morgan fingerprint density at radius 2 is 1.57 bits per heavy atom. The lowest BCUT2D eigenvalue weighted by Gasteiger charge is -2.24. The van der Waals surface area contributed by atoms with Crippen molar-refractivity contribution >= 4 is 11.7 Å². The van der Waals surface area contributed by atoms with Gasteiger partial charge in [0.2, 0.25) is 5.91 Å². The first kappa shape index (κ1) is 18.2. The molecular formula is C24H21N5O. The molecule has 0 spiro atoms. The Labute approximate surface area is 174 Å². The summed E-state index contributed by atoms with van der Waals surface area (Å²) in [5.41, 5.74) is 5.62. The maximum atomic E-state index is 12.7. The van der Waals surface area contributed by atoms with E-state index >= 15 is 0 Å². The van der Waals surface area contributed by atoms with Crippen LogP contribution in [0.2, 0.25) is 0 Å². The lowest BCUT2D eigenvalue weighted by atomic mass is 9.84. The highest BCUT2D eigenvalue weighted by Gasteiger charge is 2.34. The van der Waals surface area contributed by atoms with E-state index in [-0.39, 0.29) is 11.8 Å². The van der Waals surface area contributed by atoms with Gasteiger partial charge in [-0.1, -0.05) is 60.7 Å². The third kappa shape index (κ3) is 3.16. The Morgan fingerprint density at radius 3 is 2.23 bits per heavy atom. The summed E-state index contributed by atoms with van der Waals surface area (Å²) in [6.07, 6.45) is 0.371. The highest BCUT2D eigenvalue weighted by atomic mass is 16.1. The summed E-state index contributed by atoms with van der Waals surface area (Å²) < 4.78 is 1.67. The Balaban J connectivity index is 1.79. The monoisotopic (exact) mass is 395 g/mol. The molecule has 1 aliphatic rings. The van der Waals surface area contributed by atoms with Crippen molar-refractivity contribution in [3.63, 3.8) is 0 Å². The molecule has 6 nitrogen and oxygen atoms in total. The minimum absolute atomic E-state index is 0.0403. The van der Waals surface area contributed by atoms with Crippen LogP contribution >= 0.6 is 0 Å². The number of nitrogens with one attached hydrogen (secondary N) is 1. The Kier molecular flexibility index (Phi) is 4.39. The molecule has 148 valence electrons. The van der Waals surface area contributed by atoms with E-state index < -0.39 is 0 Å². The van der Waals surface area contributed by atoms with Crippen LogP contribution in [0.15, 0.2) is 66.7 Å². The molecule has 4 aromatic rings. The van der Waals surface area contributed by atoms with E-state index in [0.717, 1.165) is 33.8 Å². The van der Waals surface area contributed by atoms with Gasteiger partial charge >= 0.3 is 0 Å². The van der Waals surface area contributed by atoms with Crippen molar-refractivity contribution in [1.82, 2.24) is 19.7 Å². The van der Waals surface area contributed by atoms with Crippen LogP contribution in [0.4, 0.5) is 5.82 Å². The van der Waals surface area contributed by atoms with Crippen LogP contribution in [0.1, 0.15) is 34.9 Å². The van der Waals surface area contributed by atoms with Crippen molar-refractivity contribution in [2.45, 2.75) is 26.2 Å². The Hall–Kier alpha value is -3.80. The van der Waals surface area contributed by atoms with Gasteiger partial charge in [-0.25, -0.2) is 9.97 Å². The number of carbonyl (C=O) groups is 1. The van der Waals surface area contributed by atoms with Crippen molar-refractivity contribution in [2.75, 3.05) is 5.32 Å². The first-order chi connectivity index (χ1) is 14.6. The van der Waals surface area contributed by atoms with Crippen molar-refractivity contribution < 1.29 is 4.79 Å². The lowest BCUT2D eigenvalue weighted by molar-refractivity contribution is -0.116. The highest BCUT2D eigenvalue weighted by molar-refractivity contribution is 5.96. The Morgan fingerprint density at radius 1 is 0.933 bits per heavy atom. The molecule has 1 amide bonds. The maximum absolute atomic E-state index is 12.7. The fourth-order valence-electron chi connectivity index (χ4n) is 4.08. The number of hydrogen-bond acceptors (Lipinski definition) is 4. The van der Waals surface area contributed by atoms with Crippen LogP contribution in [0.3, 0.4) is 0 Å². The summed E-state index contributed by atoms with van der Waals surface area (Å²) in [5.74, 6) is 0.968. The van der Waals surface area contributed by atoms with Crippen molar-refractivity contribution in [3.8, 4) is 17.2 Å². The number of amides is 1. The summed E-state index contributed by atoms with van der Waals surface area (Å²) in [5, 5.41) is 7.94. The molecule has 1 atom stereocenters. The maximum Gasteiger partial charge on any atom is 0.252 e.